The normalized spacial score (nSPS) is 11.4. The fourth-order valence-corrected chi connectivity index (χ4v) is 2.11. The van der Waals surface area contributed by atoms with Crippen LogP contribution in [0, 0.1) is 0 Å². The number of hydrogen-bond acceptors (Lipinski definition) is 4. The van der Waals surface area contributed by atoms with Gasteiger partial charge < -0.3 is 9.47 Å². The first-order chi connectivity index (χ1) is 12.3. The van der Waals surface area contributed by atoms with Crippen LogP contribution in [0.15, 0.2) is 47.6 Å². The highest BCUT2D eigenvalue weighted by Crippen LogP contribution is 2.29. The summed E-state index contributed by atoms with van der Waals surface area (Å²) in [6.45, 7) is 2.33. The first-order valence-corrected chi connectivity index (χ1v) is 7.66. The van der Waals surface area contributed by atoms with Crippen LogP contribution in [0.5, 0.6) is 11.5 Å². The molecule has 0 aliphatic carbocycles. The smallest absolute Gasteiger partial charge is 0.416 e. The third kappa shape index (κ3) is 4.98. The Balaban J connectivity index is 2.07. The van der Waals surface area contributed by atoms with Crippen LogP contribution in [-0.4, -0.2) is 25.8 Å². The maximum absolute atomic E-state index is 12.7. The van der Waals surface area contributed by atoms with Gasteiger partial charge in [-0.05, 0) is 48.9 Å². The van der Waals surface area contributed by atoms with Crippen molar-refractivity contribution in [2.75, 3.05) is 13.7 Å². The van der Waals surface area contributed by atoms with E-state index in [0.29, 0.717) is 23.7 Å². The molecule has 1 amide bonds. The molecule has 0 aliphatic heterocycles. The molecule has 0 saturated carbocycles. The Morgan fingerprint density at radius 3 is 2.62 bits per heavy atom. The van der Waals surface area contributed by atoms with Crippen LogP contribution in [0.3, 0.4) is 0 Å². The van der Waals surface area contributed by atoms with E-state index in [9.17, 15) is 18.0 Å². The van der Waals surface area contributed by atoms with Gasteiger partial charge in [-0.15, -0.1) is 0 Å². The van der Waals surface area contributed by atoms with Gasteiger partial charge in [0.05, 0.1) is 25.5 Å². The molecule has 0 aliphatic rings. The summed E-state index contributed by atoms with van der Waals surface area (Å²) in [5, 5.41) is 3.76. The highest BCUT2D eigenvalue weighted by Gasteiger charge is 2.30. The number of nitrogens with zero attached hydrogens (tertiary/aromatic N) is 1. The number of halogens is 3. The van der Waals surface area contributed by atoms with Crippen molar-refractivity contribution in [3.63, 3.8) is 0 Å². The van der Waals surface area contributed by atoms with Gasteiger partial charge in [-0.1, -0.05) is 6.07 Å². The van der Waals surface area contributed by atoms with Crippen molar-refractivity contribution >= 4 is 12.1 Å². The average Bonchev–Trinajstić information content (AvgIpc) is 2.62. The van der Waals surface area contributed by atoms with Crippen LogP contribution in [0.1, 0.15) is 28.4 Å². The van der Waals surface area contributed by atoms with Crippen molar-refractivity contribution in [1.82, 2.24) is 5.43 Å². The first-order valence-electron chi connectivity index (χ1n) is 7.66. The predicted octanol–water partition coefficient (Wildman–Crippen LogP) is 3.88. The van der Waals surface area contributed by atoms with Gasteiger partial charge >= 0.3 is 6.18 Å². The molecule has 0 heterocycles. The SMILES string of the molecule is CCOc1ccc(/C=N\NC(=O)c2cccc(C(F)(F)F)c2)cc1OC. The Morgan fingerprint density at radius 2 is 1.96 bits per heavy atom. The fraction of sp³-hybridized carbons (Fsp3) is 0.222. The number of carbonyl (C=O) groups excluding carboxylic acids is 1. The summed E-state index contributed by atoms with van der Waals surface area (Å²) in [4.78, 5) is 11.9. The lowest BCUT2D eigenvalue weighted by atomic mass is 10.1. The molecule has 0 saturated heterocycles. The zero-order valence-corrected chi connectivity index (χ0v) is 14.1. The van der Waals surface area contributed by atoms with Crippen molar-refractivity contribution < 1.29 is 27.4 Å². The molecule has 1 N–H and O–H groups in total. The van der Waals surface area contributed by atoms with Crippen LogP contribution >= 0.6 is 0 Å². The third-order valence-corrected chi connectivity index (χ3v) is 3.32. The van der Waals surface area contributed by atoms with Crippen LogP contribution in [0.4, 0.5) is 13.2 Å². The van der Waals surface area contributed by atoms with E-state index in [1.165, 1.54) is 25.5 Å². The summed E-state index contributed by atoms with van der Waals surface area (Å²) in [6.07, 6.45) is -3.16. The molecule has 0 fully saturated rings. The number of rotatable bonds is 6. The summed E-state index contributed by atoms with van der Waals surface area (Å²) in [5.74, 6) is 0.324. The van der Waals surface area contributed by atoms with E-state index in [0.717, 1.165) is 12.1 Å². The van der Waals surface area contributed by atoms with Crippen LogP contribution in [0.25, 0.3) is 0 Å². The molecule has 2 aromatic rings. The van der Waals surface area contributed by atoms with Crippen LogP contribution in [0.2, 0.25) is 0 Å². The predicted molar refractivity (Wildman–Crippen MR) is 90.7 cm³/mol. The number of amides is 1. The van der Waals surface area contributed by atoms with Crippen molar-refractivity contribution in [2.45, 2.75) is 13.1 Å². The molecule has 0 unspecified atom stereocenters. The zero-order chi connectivity index (χ0) is 19.2. The summed E-state index contributed by atoms with van der Waals surface area (Å²) in [6, 6.07) is 9.16. The summed E-state index contributed by atoms with van der Waals surface area (Å²) in [7, 11) is 1.49. The Bertz CT molecular complexity index is 805. The number of nitrogens with one attached hydrogen (secondary N) is 1. The second kappa shape index (κ2) is 8.37. The van der Waals surface area contributed by atoms with Gasteiger partial charge in [-0.3, -0.25) is 4.79 Å². The van der Waals surface area contributed by atoms with Crippen LogP contribution in [-0.2, 0) is 6.18 Å². The molecule has 138 valence electrons. The fourth-order valence-electron chi connectivity index (χ4n) is 2.11. The number of alkyl halides is 3. The lowest BCUT2D eigenvalue weighted by molar-refractivity contribution is -0.137. The largest absolute Gasteiger partial charge is 0.493 e. The number of ether oxygens (including phenoxy) is 2. The molecule has 5 nitrogen and oxygen atoms in total. The Labute approximate surface area is 148 Å². The molecular weight excluding hydrogens is 349 g/mol. The van der Waals surface area contributed by atoms with Crippen molar-refractivity contribution in [2.24, 2.45) is 5.10 Å². The van der Waals surface area contributed by atoms with Crippen molar-refractivity contribution in [3.8, 4) is 11.5 Å². The number of methoxy groups -OCH3 is 1. The maximum Gasteiger partial charge on any atom is 0.416 e. The number of hydrazone groups is 1. The second-order valence-corrected chi connectivity index (χ2v) is 5.12. The molecule has 0 radical (unpaired) electrons. The quantitative estimate of drug-likeness (QED) is 0.624. The van der Waals surface area contributed by atoms with Gasteiger partial charge in [-0.2, -0.15) is 18.3 Å². The summed E-state index contributed by atoms with van der Waals surface area (Å²) in [5.41, 5.74) is 1.78. The van der Waals surface area contributed by atoms with Gasteiger partial charge in [0.2, 0.25) is 0 Å². The molecule has 2 rings (SSSR count). The zero-order valence-electron chi connectivity index (χ0n) is 14.1. The van der Waals surface area contributed by atoms with E-state index in [1.807, 2.05) is 6.92 Å². The average molecular weight is 366 g/mol. The van der Waals surface area contributed by atoms with E-state index in [1.54, 1.807) is 18.2 Å². The van der Waals surface area contributed by atoms with Gasteiger partial charge in [0.1, 0.15) is 0 Å². The number of hydrogen-bond donors (Lipinski definition) is 1. The highest BCUT2D eigenvalue weighted by molar-refractivity contribution is 5.95. The number of carbonyl (C=O) groups is 1. The van der Waals surface area contributed by atoms with E-state index in [2.05, 4.69) is 10.5 Å². The lowest BCUT2D eigenvalue weighted by Crippen LogP contribution is -2.18. The summed E-state index contributed by atoms with van der Waals surface area (Å²) >= 11 is 0. The minimum atomic E-state index is -4.52. The van der Waals surface area contributed by atoms with Gasteiger partial charge in [-0.25, -0.2) is 5.43 Å². The Morgan fingerprint density at radius 1 is 1.19 bits per heavy atom. The maximum atomic E-state index is 12.7. The molecule has 8 heteroatoms. The van der Waals surface area contributed by atoms with Crippen LogP contribution < -0.4 is 14.9 Å². The molecule has 2 aromatic carbocycles. The third-order valence-electron chi connectivity index (χ3n) is 3.32. The minimum absolute atomic E-state index is 0.138. The second-order valence-electron chi connectivity index (χ2n) is 5.12. The van der Waals surface area contributed by atoms with Gasteiger partial charge in [0.25, 0.3) is 5.91 Å². The van der Waals surface area contributed by atoms with E-state index in [-0.39, 0.29) is 5.56 Å². The molecular formula is C18H17F3N2O3. The molecule has 26 heavy (non-hydrogen) atoms. The Hall–Kier alpha value is -3.03. The van der Waals surface area contributed by atoms with E-state index >= 15 is 0 Å². The van der Waals surface area contributed by atoms with Crippen molar-refractivity contribution in [1.29, 1.82) is 0 Å². The molecule has 0 atom stereocenters. The minimum Gasteiger partial charge on any atom is -0.493 e. The summed E-state index contributed by atoms with van der Waals surface area (Å²) < 4.78 is 48.6. The Kier molecular flexibility index (Phi) is 6.21. The highest BCUT2D eigenvalue weighted by atomic mass is 19.4. The molecule has 0 spiro atoms. The van der Waals surface area contributed by atoms with Crippen molar-refractivity contribution in [3.05, 3.63) is 59.2 Å². The number of benzene rings is 2. The molecule has 0 bridgehead atoms. The topological polar surface area (TPSA) is 59.9 Å². The van der Waals surface area contributed by atoms with E-state index in [4.69, 9.17) is 9.47 Å². The van der Waals surface area contributed by atoms with E-state index < -0.39 is 17.6 Å². The monoisotopic (exact) mass is 366 g/mol. The first kappa shape index (κ1) is 19.3. The lowest BCUT2D eigenvalue weighted by Gasteiger charge is -2.09. The molecule has 0 aromatic heterocycles. The van der Waals surface area contributed by atoms with Gasteiger partial charge in [0.15, 0.2) is 11.5 Å². The van der Waals surface area contributed by atoms with Gasteiger partial charge in [0, 0.05) is 5.56 Å². The standard InChI is InChI=1S/C18H17F3N2O3/c1-3-26-15-8-7-12(9-16(15)25-2)11-22-23-17(24)13-5-4-6-14(10-13)18(19,20)21/h4-11H,3H2,1-2H3,(H,23,24)/b22-11-.